The molecule has 5 nitrogen and oxygen atoms in total. The van der Waals surface area contributed by atoms with E-state index in [-0.39, 0.29) is 0 Å². The first-order valence-electron chi connectivity index (χ1n) is 8.71. The number of aromatic nitrogens is 2. The molecule has 0 saturated heterocycles. The Balaban J connectivity index is 0.00000109. The zero-order valence-corrected chi connectivity index (χ0v) is 15.5. The molecule has 2 aromatic carbocycles. The highest BCUT2D eigenvalue weighted by Crippen LogP contribution is 2.24. The summed E-state index contributed by atoms with van der Waals surface area (Å²) >= 11 is 0. The highest BCUT2D eigenvalue weighted by atomic mass is 16.5. The van der Waals surface area contributed by atoms with Crippen LogP contribution in [0.5, 0.6) is 17.5 Å². The summed E-state index contributed by atoms with van der Waals surface area (Å²) in [5.74, 6) is 1.57. The van der Waals surface area contributed by atoms with Gasteiger partial charge in [-0.25, -0.2) is 0 Å². The van der Waals surface area contributed by atoms with Crippen LogP contribution >= 0.6 is 0 Å². The molecule has 1 aromatic heterocycles. The fourth-order valence-electron chi connectivity index (χ4n) is 2.26. The topological polar surface area (TPSA) is 50.4 Å². The molecular weight excluding hydrogens is 314 g/mol. The number of hydrogen-bond donors (Lipinski definition) is 1. The Morgan fingerprint density at radius 3 is 2.32 bits per heavy atom. The molecule has 0 atom stereocenters. The number of aromatic amines is 1. The standard InChI is InChI=1S/C18H21N3O2.C2H6/c1-21(2)12-5-13-22-14-8-10-15(11-9-14)23-18-19-16-6-3-4-7-17(16)20-18;1-2/h3-4,6-11H,5,12-13H2,1-2H3,(H,19,20);1-2H3. The third-order valence-corrected chi connectivity index (χ3v) is 3.42. The summed E-state index contributed by atoms with van der Waals surface area (Å²) in [6, 6.07) is 15.9. The van der Waals surface area contributed by atoms with Crippen LogP contribution in [0.2, 0.25) is 0 Å². The maximum Gasteiger partial charge on any atom is 0.300 e. The van der Waals surface area contributed by atoms with Gasteiger partial charge in [0.2, 0.25) is 0 Å². The average molecular weight is 341 g/mol. The molecular formula is C20H27N3O2. The van der Waals surface area contributed by atoms with Crippen LogP contribution in [-0.2, 0) is 0 Å². The number of hydrogen-bond acceptors (Lipinski definition) is 4. The molecule has 0 aliphatic heterocycles. The fraction of sp³-hybridized carbons (Fsp3) is 0.350. The largest absolute Gasteiger partial charge is 0.494 e. The fourth-order valence-corrected chi connectivity index (χ4v) is 2.26. The van der Waals surface area contributed by atoms with Gasteiger partial charge >= 0.3 is 0 Å². The first-order chi connectivity index (χ1) is 12.2. The summed E-state index contributed by atoms with van der Waals surface area (Å²) < 4.78 is 11.5. The van der Waals surface area contributed by atoms with E-state index in [1.807, 2.05) is 62.4 Å². The summed E-state index contributed by atoms with van der Waals surface area (Å²) in [5, 5.41) is 0. The molecule has 5 heteroatoms. The molecule has 0 fully saturated rings. The number of H-pyrrole nitrogens is 1. The van der Waals surface area contributed by atoms with E-state index in [4.69, 9.17) is 9.47 Å². The Morgan fingerprint density at radius 1 is 0.960 bits per heavy atom. The molecule has 3 rings (SSSR count). The number of fused-ring (bicyclic) bond motifs is 1. The molecule has 25 heavy (non-hydrogen) atoms. The van der Waals surface area contributed by atoms with E-state index in [1.54, 1.807) is 0 Å². The second-order valence-electron chi connectivity index (χ2n) is 5.64. The van der Waals surface area contributed by atoms with Gasteiger partial charge in [-0.15, -0.1) is 0 Å². The van der Waals surface area contributed by atoms with Gasteiger partial charge in [0.05, 0.1) is 17.6 Å². The first kappa shape index (κ1) is 18.8. The molecule has 1 N–H and O–H groups in total. The predicted molar refractivity (Wildman–Crippen MR) is 103 cm³/mol. The Kier molecular flexibility index (Phi) is 7.29. The third kappa shape index (κ3) is 5.80. The molecule has 0 unspecified atom stereocenters. The van der Waals surface area contributed by atoms with Crippen molar-refractivity contribution in [2.45, 2.75) is 20.3 Å². The molecule has 0 radical (unpaired) electrons. The number of benzene rings is 2. The van der Waals surface area contributed by atoms with Crippen molar-refractivity contribution in [2.24, 2.45) is 0 Å². The van der Waals surface area contributed by atoms with Crippen molar-refractivity contribution in [1.82, 2.24) is 14.9 Å². The van der Waals surface area contributed by atoms with Crippen LogP contribution in [0.1, 0.15) is 20.3 Å². The van der Waals surface area contributed by atoms with Crippen molar-refractivity contribution >= 4 is 11.0 Å². The van der Waals surface area contributed by atoms with Gasteiger partial charge in [0.25, 0.3) is 6.01 Å². The van der Waals surface area contributed by atoms with Crippen LogP contribution in [-0.4, -0.2) is 42.1 Å². The first-order valence-corrected chi connectivity index (χ1v) is 8.71. The number of imidazole rings is 1. The van der Waals surface area contributed by atoms with E-state index in [1.165, 1.54) is 0 Å². The second kappa shape index (κ2) is 9.69. The molecule has 0 amide bonds. The van der Waals surface area contributed by atoms with Crippen LogP contribution in [0.4, 0.5) is 0 Å². The van der Waals surface area contributed by atoms with Crippen molar-refractivity contribution in [3.8, 4) is 17.5 Å². The number of nitrogens with one attached hydrogen (secondary N) is 1. The molecule has 0 aliphatic rings. The van der Waals surface area contributed by atoms with Crippen LogP contribution in [0, 0.1) is 0 Å². The summed E-state index contributed by atoms with van der Waals surface area (Å²) in [6.45, 7) is 5.73. The van der Waals surface area contributed by atoms with E-state index in [9.17, 15) is 0 Å². The summed E-state index contributed by atoms with van der Waals surface area (Å²) in [4.78, 5) is 9.68. The van der Waals surface area contributed by atoms with Gasteiger partial charge in [-0.1, -0.05) is 26.0 Å². The molecule has 0 aliphatic carbocycles. The van der Waals surface area contributed by atoms with Gasteiger partial charge in [0, 0.05) is 6.54 Å². The van der Waals surface area contributed by atoms with Gasteiger partial charge in [0.1, 0.15) is 11.5 Å². The normalized spacial score (nSPS) is 10.4. The second-order valence-corrected chi connectivity index (χ2v) is 5.64. The summed E-state index contributed by atoms with van der Waals surface area (Å²) in [7, 11) is 4.12. The average Bonchev–Trinajstić information content (AvgIpc) is 3.04. The number of rotatable bonds is 7. The predicted octanol–water partition coefficient (Wildman–Crippen LogP) is 4.71. The molecule has 1 heterocycles. The lowest BCUT2D eigenvalue weighted by molar-refractivity contribution is 0.281. The lowest BCUT2D eigenvalue weighted by Crippen LogP contribution is -2.15. The van der Waals surface area contributed by atoms with E-state index in [2.05, 4.69) is 29.0 Å². The SMILES string of the molecule is CC.CN(C)CCCOc1ccc(Oc2nc3ccccc3[nH]2)cc1. The van der Waals surface area contributed by atoms with Gasteiger partial charge in [-0.05, 0) is 56.9 Å². The molecule has 0 spiro atoms. The van der Waals surface area contributed by atoms with Gasteiger partial charge < -0.3 is 19.4 Å². The molecule has 134 valence electrons. The maximum atomic E-state index is 5.75. The third-order valence-electron chi connectivity index (χ3n) is 3.42. The van der Waals surface area contributed by atoms with Crippen molar-refractivity contribution < 1.29 is 9.47 Å². The monoisotopic (exact) mass is 341 g/mol. The van der Waals surface area contributed by atoms with Gasteiger partial charge in [-0.2, -0.15) is 4.98 Å². The summed E-state index contributed by atoms with van der Waals surface area (Å²) in [5.41, 5.74) is 1.85. The highest BCUT2D eigenvalue weighted by molar-refractivity contribution is 5.75. The molecule has 0 bridgehead atoms. The van der Waals surface area contributed by atoms with Crippen LogP contribution in [0.15, 0.2) is 48.5 Å². The number of nitrogens with zero attached hydrogens (tertiary/aromatic N) is 2. The molecule has 3 aromatic rings. The number of para-hydroxylation sites is 2. The van der Waals surface area contributed by atoms with Crippen LogP contribution in [0.25, 0.3) is 11.0 Å². The quantitative estimate of drug-likeness (QED) is 0.632. The Hall–Kier alpha value is -2.53. The minimum Gasteiger partial charge on any atom is -0.494 e. The van der Waals surface area contributed by atoms with Crippen LogP contribution < -0.4 is 9.47 Å². The Morgan fingerprint density at radius 2 is 1.64 bits per heavy atom. The van der Waals surface area contributed by atoms with Gasteiger partial charge in [0.15, 0.2) is 0 Å². The Labute approximate surface area is 149 Å². The van der Waals surface area contributed by atoms with E-state index >= 15 is 0 Å². The van der Waals surface area contributed by atoms with Gasteiger partial charge in [-0.3, -0.25) is 0 Å². The zero-order chi connectivity index (χ0) is 18.1. The van der Waals surface area contributed by atoms with E-state index in [0.717, 1.165) is 35.5 Å². The van der Waals surface area contributed by atoms with E-state index in [0.29, 0.717) is 12.6 Å². The molecule has 0 saturated carbocycles. The minimum atomic E-state index is 0.492. The minimum absolute atomic E-state index is 0.492. The zero-order valence-electron chi connectivity index (χ0n) is 15.5. The van der Waals surface area contributed by atoms with E-state index < -0.39 is 0 Å². The van der Waals surface area contributed by atoms with Crippen molar-refractivity contribution in [3.63, 3.8) is 0 Å². The lowest BCUT2D eigenvalue weighted by atomic mass is 10.3. The van der Waals surface area contributed by atoms with Crippen molar-refractivity contribution in [3.05, 3.63) is 48.5 Å². The Bertz CT molecular complexity index is 718. The maximum absolute atomic E-state index is 5.75. The van der Waals surface area contributed by atoms with Crippen molar-refractivity contribution in [2.75, 3.05) is 27.2 Å². The lowest BCUT2D eigenvalue weighted by Gasteiger charge is -2.10. The van der Waals surface area contributed by atoms with Crippen molar-refractivity contribution in [1.29, 1.82) is 0 Å². The number of ether oxygens (including phenoxy) is 2. The summed E-state index contributed by atoms with van der Waals surface area (Å²) in [6.07, 6.45) is 1.00. The van der Waals surface area contributed by atoms with Crippen LogP contribution in [0.3, 0.4) is 0 Å². The highest BCUT2D eigenvalue weighted by Gasteiger charge is 2.04. The smallest absolute Gasteiger partial charge is 0.300 e.